The summed E-state index contributed by atoms with van der Waals surface area (Å²) in [5.41, 5.74) is 1.59. The average molecular weight is 278 g/mol. The average Bonchev–Trinajstić information content (AvgIpc) is 2.89. The molecule has 106 valence electrons. The van der Waals surface area contributed by atoms with Crippen molar-refractivity contribution in [2.75, 3.05) is 19.6 Å². The Hall–Kier alpha value is -0.380. The molecule has 1 aromatic heterocycles. The van der Waals surface area contributed by atoms with Crippen LogP contribution in [-0.4, -0.2) is 30.6 Å². The van der Waals surface area contributed by atoms with Crippen molar-refractivity contribution < 1.29 is 0 Å². The van der Waals surface area contributed by atoms with Gasteiger partial charge in [-0.3, -0.25) is 4.90 Å². The van der Waals surface area contributed by atoms with Gasteiger partial charge in [-0.2, -0.15) is 0 Å². The van der Waals surface area contributed by atoms with Crippen LogP contribution in [0.25, 0.3) is 0 Å². The van der Waals surface area contributed by atoms with Gasteiger partial charge in [-0.15, -0.1) is 11.3 Å². The molecule has 3 heteroatoms. The molecule has 0 radical (unpaired) electrons. The summed E-state index contributed by atoms with van der Waals surface area (Å²) in [5.74, 6) is 0.869. The van der Waals surface area contributed by atoms with Crippen LogP contribution in [0.15, 0.2) is 11.4 Å². The summed E-state index contributed by atoms with van der Waals surface area (Å²) in [6.07, 6.45) is 6.93. The van der Waals surface area contributed by atoms with Crippen LogP contribution >= 0.6 is 11.3 Å². The molecule has 2 heterocycles. The van der Waals surface area contributed by atoms with Crippen LogP contribution in [0.4, 0.5) is 0 Å². The molecular weight excluding hydrogens is 252 g/mol. The summed E-state index contributed by atoms with van der Waals surface area (Å²) in [6.45, 7) is 7.12. The van der Waals surface area contributed by atoms with E-state index in [9.17, 15) is 0 Å². The van der Waals surface area contributed by atoms with E-state index >= 15 is 0 Å². The molecule has 19 heavy (non-hydrogen) atoms. The normalized spacial score (nSPS) is 28.3. The van der Waals surface area contributed by atoms with E-state index in [4.69, 9.17) is 0 Å². The minimum absolute atomic E-state index is 0.766. The summed E-state index contributed by atoms with van der Waals surface area (Å²) in [5, 5.41) is 5.97. The highest BCUT2D eigenvalue weighted by molar-refractivity contribution is 7.10. The third-order valence-electron chi connectivity index (χ3n) is 4.75. The van der Waals surface area contributed by atoms with E-state index in [0.717, 1.165) is 18.5 Å². The van der Waals surface area contributed by atoms with E-state index in [1.165, 1.54) is 51.7 Å². The van der Waals surface area contributed by atoms with Crippen molar-refractivity contribution in [3.05, 3.63) is 21.9 Å². The molecule has 1 aromatic rings. The maximum Gasteiger partial charge on any atom is 0.0245 e. The lowest BCUT2D eigenvalue weighted by atomic mass is 9.83. The first-order valence-electron chi connectivity index (χ1n) is 7.88. The highest BCUT2D eigenvalue weighted by Crippen LogP contribution is 2.29. The molecule has 1 aliphatic carbocycles. The lowest BCUT2D eigenvalue weighted by Crippen LogP contribution is -2.45. The van der Waals surface area contributed by atoms with Gasteiger partial charge in [-0.25, -0.2) is 0 Å². The highest BCUT2D eigenvalue weighted by atomic mass is 32.1. The number of rotatable bonds is 4. The summed E-state index contributed by atoms with van der Waals surface area (Å²) < 4.78 is 0. The van der Waals surface area contributed by atoms with Gasteiger partial charge in [0, 0.05) is 30.6 Å². The Labute approximate surface area is 121 Å². The van der Waals surface area contributed by atoms with E-state index < -0.39 is 0 Å². The molecule has 1 N–H and O–H groups in total. The third-order valence-corrected chi connectivity index (χ3v) is 5.78. The van der Waals surface area contributed by atoms with Gasteiger partial charge in [0.25, 0.3) is 0 Å². The SMILES string of the molecule is CCNC1CCCCC1CN1CCc2sccc2C1. The van der Waals surface area contributed by atoms with Crippen LogP contribution < -0.4 is 5.32 Å². The van der Waals surface area contributed by atoms with E-state index in [0.29, 0.717) is 0 Å². The molecule has 0 bridgehead atoms. The topological polar surface area (TPSA) is 15.3 Å². The van der Waals surface area contributed by atoms with Crippen molar-refractivity contribution in [1.29, 1.82) is 0 Å². The largest absolute Gasteiger partial charge is 0.314 e. The second-order valence-electron chi connectivity index (χ2n) is 6.06. The first-order chi connectivity index (χ1) is 9.36. The Kier molecular flexibility index (Phi) is 4.57. The minimum atomic E-state index is 0.766. The standard InChI is InChI=1S/C16H26N2S/c1-2-17-15-6-4-3-5-13(15)11-18-9-7-16-14(12-18)8-10-19-16/h8,10,13,15,17H,2-7,9,11-12H2,1H3. The molecule has 1 fully saturated rings. The molecule has 0 saturated heterocycles. The number of nitrogens with one attached hydrogen (secondary N) is 1. The molecule has 3 rings (SSSR count). The fraction of sp³-hybridized carbons (Fsp3) is 0.750. The molecule has 0 aromatic carbocycles. The van der Waals surface area contributed by atoms with Crippen molar-refractivity contribution in [2.45, 2.75) is 51.6 Å². The van der Waals surface area contributed by atoms with E-state index in [1.807, 2.05) is 11.3 Å². The fourth-order valence-electron chi connectivity index (χ4n) is 3.75. The lowest BCUT2D eigenvalue weighted by molar-refractivity contribution is 0.159. The van der Waals surface area contributed by atoms with Gasteiger partial charge in [0.2, 0.25) is 0 Å². The second kappa shape index (κ2) is 6.38. The number of nitrogens with zero attached hydrogens (tertiary/aromatic N) is 1. The van der Waals surface area contributed by atoms with Gasteiger partial charge in [-0.05, 0) is 48.7 Å². The minimum Gasteiger partial charge on any atom is -0.314 e. The molecule has 2 unspecified atom stereocenters. The van der Waals surface area contributed by atoms with Crippen molar-refractivity contribution in [2.24, 2.45) is 5.92 Å². The van der Waals surface area contributed by atoms with Crippen molar-refractivity contribution >= 4 is 11.3 Å². The maximum atomic E-state index is 3.71. The first kappa shape index (κ1) is 13.6. The predicted octanol–water partition coefficient (Wildman–Crippen LogP) is 3.27. The summed E-state index contributed by atoms with van der Waals surface area (Å²) >= 11 is 1.94. The zero-order valence-electron chi connectivity index (χ0n) is 12.0. The molecule has 1 aliphatic heterocycles. The van der Waals surface area contributed by atoms with Gasteiger partial charge in [0.1, 0.15) is 0 Å². The van der Waals surface area contributed by atoms with Gasteiger partial charge < -0.3 is 5.32 Å². The number of thiophene rings is 1. The smallest absolute Gasteiger partial charge is 0.0245 e. The van der Waals surface area contributed by atoms with Crippen LogP contribution in [0.1, 0.15) is 43.0 Å². The maximum absolute atomic E-state index is 3.71. The van der Waals surface area contributed by atoms with Crippen LogP contribution in [0.2, 0.25) is 0 Å². The third kappa shape index (κ3) is 3.21. The summed E-state index contributed by atoms with van der Waals surface area (Å²) in [4.78, 5) is 4.32. The van der Waals surface area contributed by atoms with Crippen molar-refractivity contribution in [3.63, 3.8) is 0 Å². The first-order valence-corrected chi connectivity index (χ1v) is 8.75. The highest BCUT2D eigenvalue weighted by Gasteiger charge is 2.27. The number of fused-ring (bicyclic) bond motifs is 1. The van der Waals surface area contributed by atoms with Crippen molar-refractivity contribution in [1.82, 2.24) is 10.2 Å². The Bertz CT molecular complexity index is 399. The molecule has 2 atom stereocenters. The van der Waals surface area contributed by atoms with E-state index in [2.05, 4.69) is 28.6 Å². The molecule has 1 saturated carbocycles. The van der Waals surface area contributed by atoms with Gasteiger partial charge in [0.05, 0.1) is 0 Å². The fourth-order valence-corrected chi connectivity index (χ4v) is 4.64. The van der Waals surface area contributed by atoms with Crippen molar-refractivity contribution in [3.8, 4) is 0 Å². The monoisotopic (exact) mass is 278 g/mol. The zero-order chi connectivity index (χ0) is 13.1. The Balaban J connectivity index is 1.58. The van der Waals surface area contributed by atoms with E-state index in [1.54, 1.807) is 10.4 Å². The van der Waals surface area contributed by atoms with E-state index in [-0.39, 0.29) is 0 Å². The zero-order valence-corrected chi connectivity index (χ0v) is 12.8. The molecule has 0 amide bonds. The number of hydrogen-bond donors (Lipinski definition) is 1. The van der Waals surface area contributed by atoms with Gasteiger partial charge >= 0.3 is 0 Å². The van der Waals surface area contributed by atoms with Crippen LogP contribution in [-0.2, 0) is 13.0 Å². The predicted molar refractivity (Wildman–Crippen MR) is 82.7 cm³/mol. The van der Waals surface area contributed by atoms with Gasteiger partial charge in [-0.1, -0.05) is 19.8 Å². The van der Waals surface area contributed by atoms with Crippen LogP contribution in [0.3, 0.4) is 0 Å². The Morgan fingerprint density at radius 3 is 3.16 bits per heavy atom. The van der Waals surface area contributed by atoms with Gasteiger partial charge in [0.15, 0.2) is 0 Å². The second-order valence-corrected chi connectivity index (χ2v) is 7.06. The Morgan fingerprint density at radius 2 is 2.26 bits per heavy atom. The van der Waals surface area contributed by atoms with Crippen LogP contribution in [0.5, 0.6) is 0 Å². The molecule has 0 spiro atoms. The quantitative estimate of drug-likeness (QED) is 0.909. The summed E-state index contributed by atoms with van der Waals surface area (Å²) in [6, 6.07) is 3.09. The Morgan fingerprint density at radius 1 is 1.37 bits per heavy atom. The molecule has 2 nitrogen and oxygen atoms in total. The number of hydrogen-bond acceptors (Lipinski definition) is 3. The molecule has 2 aliphatic rings. The summed E-state index contributed by atoms with van der Waals surface area (Å²) in [7, 11) is 0. The molecular formula is C16H26N2S. The van der Waals surface area contributed by atoms with Crippen LogP contribution in [0, 0.1) is 5.92 Å². The lowest BCUT2D eigenvalue weighted by Gasteiger charge is -2.37.